The Morgan fingerprint density at radius 1 is 1.32 bits per heavy atom. The van der Waals surface area contributed by atoms with Crippen LogP contribution in [0.2, 0.25) is 0 Å². The fourth-order valence-electron chi connectivity index (χ4n) is 1.39. The quantitative estimate of drug-likeness (QED) is 0.842. The zero-order chi connectivity index (χ0) is 13.7. The first-order valence-corrected chi connectivity index (χ1v) is 6.77. The van der Waals surface area contributed by atoms with E-state index in [1.165, 1.54) is 0 Å². The number of nitrogens with zero attached hydrogens (tertiary/aromatic N) is 4. The molecule has 0 aromatic carbocycles. The molecule has 0 aliphatic heterocycles. The smallest absolute Gasteiger partial charge is 0.224 e. The molecule has 0 unspecified atom stereocenters. The van der Waals surface area contributed by atoms with Gasteiger partial charge in [-0.1, -0.05) is 12.1 Å². The molecule has 0 amide bonds. The third-order valence-electron chi connectivity index (χ3n) is 2.26. The van der Waals surface area contributed by atoms with Crippen molar-refractivity contribution in [2.24, 2.45) is 0 Å². The monoisotopic (exact) mass is 326 g/mol. The molecule has 0 bridgehead atoms. The molecule has 8 heteroatoms. The van der Waals surface area contributed by atoms with Gasteiger partial charge in [0.2, 0.25) is 11.8 Å². The molecular formula is C11H15BrN6O. The van der Waals surface area contributed by atoms with E-state index < -0.39 is 0 Å². The van der Waals surface area contributed by atoms with Gasteiger partial charge in [-0.2, -0.15) is 9.97 Å². The maximum absolute atomic E-state index is 4.90. The Labute approximate surface area is 119 Å². The zero-order valence-corrected chi connectivity index (χ0v) is 12.4. The van der Waals surface area contributed by atoms with E-state index in [0.29, 0.717) is 30.0 Å². The van der Waals surface area contributed by atoms with E-state index in [4.69, 9.17) is 4.52 Å². The molecule has 2 aromatic heterocycles. The van der Waals surface area contributed by atoms with E-state index in [0.717, 1.165) is 17.4 Å². The van der Waals surface area contributed by atoms with Gasteiger partial charge in [0.15, 0.2) is 5.82 Å². The molecule has 19 heavy (non-hydrogen) atoms. The molecule has 0 atom stereocenters. The van der Waals surface area contributed by atoms with Crippen molar-refractivity contribution in [2.75, 3.05) is 17.2 Å². The number of rotatable bonds is 6. The standard InChI is InChI=1S/C11H15BrN6O/c1-3-4-13-11-15-5-8(12)10(17-11)14-6-9-16-7(2)19-18-9/h5H,3-4,6H2,1-2H3,(H2,13,14,15,17). The topological polar surface area (TPSA) is 88.8 Å². The second-order valence-corrected chi connectivity index (χ2v) is 4.75. The van der Waals surface area contributed by atoms with Gasteiger partial charge in [0, 0.05) is 19.7 Å². The second kappa shape index (κ2) is 6.46. The summed E-state index contributed by atoms with van der Waals surface area (Å²) >= 11 is 3.40. The molecule has 2 rings (SSSR count). The maximum atomic E-state index is 4.90. The number of halogens is 1. The minimum atomic E-state index is 0.445. The summed E-state index contributed by atoms with van der Waals surface area (Å²) in [6, 6.07) is 0. The fraction of sp³-hybridized carbons (Fsp3) is 0.455. The summed E-state index contributed by atoms with van der Waals surface area (Å²) in [4.78, 5) is 12.7. The van der Waals surface area contributed by atoms with Gasteiger partial charge in [0.1, 0.15) is 5.82 Å². The highest BCUT2D eigenvalue weighted by atomic mass is 79.9. The van der Waals surface area contributed by atoms with Gasteiger partial charge in [0.25, 0.3) is 0 Å². The molecule has 2 N–H and O–H groups in total. The first-order chi connectivity index (χ1) is 9.19. The van der Waals surface area contributed by atoms with E-state index in [-0.39, 0.29) is 0 Å². The summed E-state index contributed by atoms with van der Waals surface area (Å²) in [6.45, 7) is 5.12. The molecule has 2 aromatic rings. The molecule has 0 radical (unpaired) electrons. The van der Waals surface area contributed by atoms with Crippen LogP contribution < -0.4 is 10.6 Å². The number of hydrogen-bond acceptors (Lipinski definition) is 7. The second-order valence-electron chi connectivity index (χ2n) is 3.90. The van der Waals surface area contributed by atoms with Crippen molar-refractivity contribution >= 4 is 27.7 Å². The zero-order valence-electron chi connectivity index (χ0n) is 10.8. The van der Waals surface area contributed by atoms with Crippen LogP contribution in [0.5, 0.6) is 0 Å². The summed E-state index contributed by atoms with van der Waals surface area (Å²) in [7, 11) is 0. The Bertz CT molecular complexity index is 544. The molecule has 2 heterocycles. The largest absolute Gasteiger partial charge is 0.362 e. The highest BCUT2D eigenvalue weighted by Crippen LogP contribution is 2.20. The van der Waals surface area contributed by atoms with Crippen molar-refractivity contribution in [3.63, 3.8) is 0 Å². The van der Waals surface area contributed by atoms with Crippen LogP contribution in [0.25, 0.3) is 0 Å². The Kier molecular flexibility index (Phi) is 4.67. The van der Waals surface area contributed by atoms with E-state index in [1.807, 2.05) is 0 Å². The lowest BCUT2D eigenvalue weighted by Gasteiger charge is -2.08. The van der Waals surface area contributed by atoms with Crippen molar-refractivity contribution < 1.29 is 4.52 Å². The lowest BCUT2D eigenvalue weighted by Crippen LogP contribution is -2.08. The van der Waals surface area contributed by atoms with Crippen molar-refractivity contribution in [3.05, 3.63) is 22.4 Å². The number of aryl methyl sites for hydroxylation is 1. The average Bonchev–Trinajstić information content (AvgIpc) is 2.82. The molecule has 0 aliphatic rings. The fourth-order valence-corrected chi connectivity index (χ4v) is 1.72. The molecule has 0 fully saturated rings. The van der Waals surface area contributed by atoms with Crippen molar-refractivity contribution in [1.82, 2.24) is 20.1 Å². The Balaban J connectivity index is 2.02. The summed E-state index contributed by atoms with van der Waals surface area (Å²) in [5.74, 6) is 2.42. The van der Waals surface area contributed by atoms with Crippen LogP contribution in [-0.4, -0.2) is 26.7 Å². The van der Waals surface area contributed by atoms with Gasteiger partial charge in [-0.3, -0.25) is 0 Å². The number of hydrogen-bond donors (Lipinski definition) is 2. The van der Waals surface area contributed by atoms with Crippen molar-refractivity contribution in [1.29, 1.82) is 0 Å². The minimum absolute atomic E-state index is 0.445. The lowest BCUT2D eigenvalue weighted by atomic mass is 10.5. The lowest BCUT2D eigenvalue weighted by molar-refractivity contribution is 0.388. The predicted molar refractivity (Wildman–Crippen MR) is 74.9 cm³/mol. The Morgan fingerprint density at radius 2 is 2.16 bits per heavy atom. The highest BCUT2D eigenvalue weighted by Gasteiger charge is 2.07. The van der Waals surface area contributed by atoms with Crippen LogP contribution in [-0.2, 0) is 6.54 Å². The molecular weight excluding hydrogens is 312 g/mol. The summed E-state index contributed by atoms with van der Waals surface area (Å²) < 4.78 is 5.69. The van der Waals surface area contributed by atoms with Crippen LogP contribution in [0.3, 0.4) is 0 Å². The van der Waals surface area contributed by atoms with Crippen LogP contribution in [0.1, 0.15) is 25.1 Å². The highest BCUT2D eigenvalue weighted by molar-refractivity contribution is 9.10. The van der Waals surface area contributed by atoms with Crippen LogP contribution in [0.15, 0.2) is 15.2 Å². The number of nitrogens with one attached hydrogen (secondary N) is 2. The molecule has 102 valence electrons. The van der Waals surface area contributed by atoms with E-state index in [1.54, 1.807) is 13.1 Å². The maximum Gasteiger partial charge on any atom is 0.224 e. The van der Waals surface area contributed by atoms with E-state index >= 15 is 0 Å². The van der Waals surface area contributed by atoms with E-state index in [9.17, 15) is 0 Å². The minimum Gasteiger partial charge on any atom is -0.362 e. The van der Waals surface area contributed by atoms with Crippen molar-refractivity contribution in [2.45, 2.75) is 26.8 Å². The van der Waals surface area contributed by atoms with Gasteiger partial charge in [-0.15, -0.1) is 0 Å². The van der Waals surface area contributed by atoms with Crippen LogP contribution in [0, 0.1) is 6.92 Å². The first kappa shape index (κ1) is 13.7. The summed E-state index contributed by atoms with van der Waals surface area (Å²) in [5, 5.41) is 10.1. The number of aromatic nitrogens is 4. The third-order valence-corrected chi connectivity index (χ3v) is 2.84. The predicted octanol–water partition coefficient (Wildman–Crippen LogP) is 2.36. The summed E-state index contributed by atoms with van der Waals surface area (Å²) in [6.07, 6.45) is 2.72. The number of anilines is 2. The van der Waals surface area contributed by atoms with Gasteiger partial charge in [-0.05, 0) is 22.4 Å². The van der Waals surface area contributed by atoms with E-state index in [2.05, 4.69) is 53.6 Å². The van der Waals surface area contributed by atoms with Crippen LogP contribution >= 0.6 is 15.9 Å². The van der Waals surface area contributed by atoms with Gasteiger partial charge < -0.3 is 15.2 Å². The van der Waals surface area contributed by atoms with Crippen LogP contribution in [0.4, 0.5) is 11.8 Å². The normalized spacial score (nSPS) is 10.5. The molecule has 7 nitrogen and oxygen atoms in total. The van der Waals surface area contributed by atoms with Gasteiger partial charge in [-0.25, -0.2) is 4.98 Å². The molecule has 0 aliphatic carbocycles. The molecule has 0 saturated heterocycles. The SMILES string of the molecule is CCCNc1ncc(Br)c(NCc2noc(C)n2)n1. The average molecular weight is 327 g/mol. The molecule has 0 saturated carbocycles. The Morgan fingerprint density at radius 3 is 2.84 bits per heavy atom. The third kappa shape index (κ3) is 3.88. The van der Waals surface area contributed by atoms with Gasteiger partial charge in [0.05, 0.1) is 11.0 Å². The van der Waals surface area contributed by atoms with Gasteiger partial charge >= 0.3 is 0 Å². The van der Waals surface area contributed by atoms with Crippen molar-refractivity contribution in [3.8, 4) is 0 Å². The summed E-state index contributed by atoms with van der Waals surface area (Å²) in [5.41, 5.74) is 0. The Hall–Kier alpha value is -1.70. The molecule has 0 spiro atoms. The first-order valence-electron chi connectivity index (χ1n) is 5.98.